The number of methoxy groups -OCH3 is 1. The molecule has 25 heavy (non-hydrogen) atoms. The summed E-state index contributed by atoms with van der Waals surface area (Å²) in [7, 11) is 1.50. The zero-order chi connectivity index (χ0) is 18.4. The Morgan fingerprint density at radius 2 is 1.96 bits per heavy atom. The molecule has 130 valence electrons. The number of para-hydroxylation sites is 1. The Morgan fingerprint density at radius 1 is 1.24 bits per heavy atom. The van der Waals surface area contributed by atoms with E-state index in [-0.39, 0.29) is 17.7 Å². The molecule has 0 saturated heterocycles. The van der Waals surface area contributed by atoms with Crippen molar-refractivity contribution >= 4 is 17.5 Å². The Labute approximate surface area is 143 Å². The first-order chi connectivity index (χ1) is 11.9. The molecule has 0 spiro atoms. The SMILES string of the molecule is COc1ccccc1C[C@@H](NC(=O)c1cccc([N+](=O)[O-])c1)C(N)=O. The molecule has 2 rings (SSSR count). The highest BCUT2D eigenvalue weighted by Crippen LogP contribution is 2.19. The van der Waals surface area contributed by atoms with Crippen molar-refractivity contribution in [2.24, 2.45) is 5.73 Å². The fraction of sp³-hybridized carbons (Fsp3) is 0.176. The van der Waals surface area contributed by atoms with Crippen LogP contribution in [0.5, 0.6) is 5.75 Å². The molecule has 2 aromatic rings. The van der Waals surface area contributed by atoms with Gasteiger partial charge in [-0.3, -0.25) is 19.7 Å². The van der Waals surface area contributed by atoms with Crippen molar-refractivity contribution in [3.05, 3.63) is 69.8 Å². The molecule has 2 aromatic carbocycles. The number of nitrogens with one attached hydrogen (secondary N) is 1. The molecule has 0 unspecified atom stereocenters. The number of primary amides is 1. The molecule has 0 bridgehead atoms. The molecule has 0 aromatic heterocycles. The number of nitro groups is 1. The van der Waals surface area contributed by atoms with Gasteiger partial charge in [-0.05, 0) is 17.7 Å². The molecular formula is C17H17N3O5. The standard InChI is InChI=1S/C17H17N3O5/c1-25-15-8-3-2-5-11(15)10-14(16(18)21)19-17(22)12-6-4-7-13(9-12)20(23)24/h2-9,14H,10H2,1H3,(H2,18,21)(H,19,22)/t14-/m1/s1. The van der Waals surface area contributed by atoms with Crippen LogP contribution in [0.1, 0.15) is 15.9 Å². The summed E-state index contributed by atoms with van der Waals surface area (Å²) in [6.45, 7) is 0. The molecule has 0 aliphatic rings. The molecule has 2 amide bonds. The lowest BCUT2D eigenvalue weighted by atomic mass is 10.0. The minimum atomic E-state index is -0.983. The molecular weight excluding hydrogens is 326 g/mol. The van der Waals surface area contributed by atoms with E-state index in [1.165, 1.54) is 25.3 Å². The summed E-state index contributed by atoms with van der Waals surface area (Å²) in [4.78, 5) is 34.2. The van der Waals surface area contributed by atoms with Gasteiger partial charge in [-0.15, -0.1) is 0 Å². The predicted octanol–water partition coefficient (Wildman–Crippen LogP) is 1.43. The van der Waals surface area contributed by atoms with Gasteiger partial charge in [-0.1, -0.05) is 24.3 Å². The number of carbonyl (C=O) groups is 2. The van der Waals surface area contributed by atoms with E-state index >= 15 is 0 Å². The van der Waals surface area contributed by atoms with Gasteiger partial charge >= 0.3 is 0 Å². The highest BCUT2D eigenvalue weighted by Gasteiger charge is 2.22. The van der Waals surface area contributed by atoms with Crippen LogP contribution >= 0.6 is 0 Å². The number of carbonyl (C=O) groups excluding carboxylic acids is 2. The lowest BCUT2D eigenvalue weighted by Gasteiger charge is -2.17. The Bertz CT molecular complexity index is 806. The number of nitrogens with zero attached hydrogens (tertiary/aromatic N) is 1. The van der Waals surface area contributed by atoms with Crippen LogP contribution in [-0.2, 0) is 11.2 Å². The number of nitrogens with two attached hydrogens (primary N) is 1. The van der Waals surface area contributed by atoms with Crippen molar-refractivity contribution in [3.63, 3.8) is 0 Å². The van der Waals surface area contributed by atoms with Gasteiger partial charge in [0.15, 0.2) is 0 Å². The van der Waals surface area contributed by atoms with Gasteiger partial charge in [0, 0.05) is 24.1 Å². The summed E-state index contributed by atoms with van der Waals surface area (Å²) in [6.07, 6.45) is 0.139. The number of non-ortho nitro benzene ring substituents is 1. The molecule has 8 nitrogen and oxygen atoms in total. The summed E-state index contributed by atoms with van der Waals surface area (Å²) >= 11 is 0. The summed E-state index contributed by atoms with van der Waals surface area (Å²) in [6, 6.07) is 11.3. The maximum atomic E-state index is 12.3. The normalized spacial score (nSPS) is 11.4. The van der Waals surface area contributed by atoms with E-state index in [4.69, 9.17) is 10.5 Å². The second-order valence-electron chi connectivity index (χ2n) is 5.25. The monoisotopic (exact) mass is 343 g/mol. The van der Waals surface area contributed by atoms with E-state index in [0.29, 0.717) is 11.3 Å². The second kappa shape index (κ2) is 7.91. The smallest absolute Gasteiger partial charge is 0.270 e. The molecule has 0 saturated carbocycles. The van der Waals surface area contributed by atoms with E-state index in [0.717, 1.165) is 6.07 Å². The first-order valence-electron chi connectivity index (χ1n) is 7.39. The summed E-state index contributed by atoms with van der Waals surface area (Å²) in [5.74, 6) is -0.773. The minimum Gasteiger partial charge on any atom is -0.496 e. The average Bonchev–Trinajstić information content (AvgIpc) is 2.61. The first kappa shape index (κ1) is 17.9. The van der Waals surface area contributed by atoms with Gasteiger partial charge in [-0.2, -0.15) is 0 Å². The van der Waals surface area contributed by atoms with Crippen LogP contribution < -0.4 is 15.8 Å². The van der Waals surface area contributed by atoms with Gasteiger partial charge in [0.1, 0.15) is 11.8 Å². The quantitative estimate of drug-likeness (QED) is 0.581. The zero-order valence-corrected chi connectivity index (χ0v) is 13.5. The molecule has 1 atom stereocenters. The molecule has 0 radical (unpaired) electrons. The third-order valence-electron chi connectivity index (χ3n) is 3.58. The fourth-order valence-electron chi connectivity index (χ4n) is 2.32. The Kier molecular flexibility index (Phi) is 5.67. The number of nitro benzene ring substituents is 1. The topological polar surface area (TPSA) is 125 Å². The molecule has 0 fully saturated rings. The van der Waals surface area contributed by atoms with Crippen LogP contribution in [0.2, 0.25) is 0 Å². The highest BCUT2D eigenvalue weighted by molar-refractivity contribution is 5.97. The zero-order valence-electron chi connectivity index (χ0n) is 13.5. The molecule has 0 aliphatic heterocycles. The van der Waals surface area contributed by atoms with Crippen LogP contribution in [0, 0.1) is 10.1 Å². The summed E-state index contributed by atoms with van der Waals surface area (Å²) in [5.41, 5.74) is 5.93. The first-order valence-corrected chi connectivity index (χ1v) is 7.39. The Balaban J connectivity index is 2.19. The second-order valence-corrected chi connectivity index (χ2v) is 5.25. The van der Waals surface area contributed by atoms with Crippen LogP contribution in [0.4, 0.5) is 5.69 Å². The van der Waals surface area contributed by atoms with Gasteiger partial charge in [0.2, 0.25) is 5.91 Å². The fourth-order valence-corrected chi connectivity index (χ4v) is 2.32. The summed E-state index contributed by atoms with van der Waals surface area (Å²) < 4.78 is 5.22. The van der Waals surface area contributed by atoms with Crippen molar-refractivity contribution in [3.8, 4) is 5.75 Å². The van der Waals surface area contributed by atoms with Crippen molar-refractivity contribution in [2.45, 2.75) is 12.5 Å². The van der Waals surface area contributed by atoms with Crippen molar-refractivity contribution in [2.75, 3.05) is 7.11 Å². The maximum absolute atomic E-state index is 12.3. The van der Waals surface area contributed by atoms with Gasteiger partial charge in [-0.25, -0.2) is 0 Å². The Morgan fingerprint density at radius 3 is 2.60 bits per heavy atom. The largest absolute Gasteiger partial charge is 0.496 e. The van der Waals surface area contributed by atoms with E-state index in [1.54, 1.807) is 24.3 Å². The van der Waals surface area contributed by atoms with Gasteiger partial charge < -0.3 is 15.8 Å². The lowest BCUT2D eigenvalue weighted by Crippen LogP contribution is -2.45. The number of rotatable bonds is 7. The third kappa shape index (κ3) is 4.54. The van der Waals surface area contributed by atoms with Crippen LogP contribution in [0.25, 0.3) is 0 Å². The number of ether oxygens (including phenoxy) is 1. The molecule has 8 heteroatoms. The maximum Gasteiger partial charge on any atom is 0.270 e. The Hall–Kier alpha value is -3.42. The molecule has 0 heterocycles. The van der Waals surface area contributed by atoms with Crippen LogP contribution in [0.3, 0.4) is 0 Å². The summed E-state index contributed by atoms with van der Waals surface area (Å²) in [5, 5.41) is 13.3. The van der Waals surface area contributed by atoms with Gasteiger partial charge in [0.05, 0.1) is 12.0 Å². The van der Waals surface area contributed by atoms with Gasteiger partial charge in [0.25, 0.3) is 11.6 Å². The number of hydrogen-bond acceptors (Lipinski definition) is 5. The van der Waals surface area contributed by atoms with Crippen molar-refractivity contribution in [1.82, 2.24) is 5.32 Å². The number of hydrogen-bond donors (Lipinski definition) is 2. The number of benzene rings is 2. The predicted molar refractivity (Wildman–Crippen MR) is 90.2 cm³/mol. The van der Waals surface area contributed by atoms with Crippen LogP contribution in [0.15, 0.2) is 48.5 Å². The average molecular weight is 343 g/mol. The lowest BCUT2D eigenvalue weighted by molar-refractivity contribution is -0.384. The molecule has 3 N–H and O–H groups in total. The molecule has 0 aliphatic carbocycles. The van der Waals surface area contributed by atoms with E-state index in [9.17, 15) is 19.7 Å². The highest BCUT2D eigenvalue weighted by atomic mass is 16.6. The van der Waals surface area contributed by atoms with E-state index in [2.05, 4.69) is 5.32 Å². The van der Waals surface area contributed by atoms with Crippen molar-refractivity contribution < 1.29 is 19.2 Å². The minimum absolute atomic E-state index is 0.0699. The number of amides is 2. The van der Waals surface area contributed by atoms with E-state index in [1.807, 2.05) is 0 Å². The third-order valence-corrected chi connectivity index (χ3v) is 3.58. The van der Waals surface area contributed by atoms with Crippen LogP contribution in [-0.4, -0.2) is 29.9 Å². The van der Waals surface area contributed by atoms with Crippen molar-refractivity contribution in [1.29, 1.82) is 0 Å². The van der Waals surface area contributed by atoms with E-state index < -0.39 is 22.8 Å².